The Morgan fingerprint density at radius 2 is 1.74 bits per heavy atom. The van der Waals surface area contributed by atoms with Gasteiger partial charge in [-0.1, -0.05) is 34.1 Å². The minimum absolute atomic E-state index is 0.141. The molecule has 0 aliphatic heterocycles. The zero-order valence-electron chi connectivity index (χ0n) is 21.1. The molecule has 3 rings (SSSR count). The molecule has 0 unspecified atom stereocenters. The summed E-state index contributed by atoms with van der Waals surface area (Å²) < 4.78 is 6.09. The molecule has 0 aliphatic rings. The number of carbonyl (C=O) groups is 3. The van der Waals surface area contributed by atoms with Crippen molar-refractivity contribution in [2.75, 3.05) is 28.8 Å². The molecule has 11 heteroatoms. The third-order valence-corrected chi connectivity index (χ3v) is 7.77. The van der Waals surface area contributed by atoms with Crippen LogP contribution in [0, 0.1) is 25.2 Å². The fourth-order valence-electron chi connectivity index (χ4n) is 3.41. The molecule has 0 atom stereocenters. The maximum atomic E-state index is 13.2. The van der Waals surface area contributed by atoms with Crippen molar-refractivity contribution in [2.24, 2.45) is 0 Å². The van der Waals surface area contributed by atoms with E-state index in [2.05, 4.69) is 31.9 Å². The first-order chi connectivity index (χ1) is 18.2. The van der Waals surface area contributed by atoms with Crippen LogP contribution in [0.1, 0.15) is 38.1 Å². The molecule has 0 fully saturated rings. The number of para-hydroxylation sites is 1. The Balaban J connectivity index is 1.99. The second-order valence-electron chi connectivity index (χ2n) is 7.86. The van der Waals surface area contributed by atoms with Gasteiger partial charge in [0.1, 0.15) is 16.6 Å². The van der Waals surface area contributed by atoms with Crippen LogP contribution in [0.4, 0.5) is 16.4 Å². The number of amides is 2. The van der Waals surface area contributed by atoms with Gasteiger partial charge in [-0.2, -0.15) is 5.26 Å². The number of hydrogen-bond donors (Lipinski definition) is 3. The number of thiophene rings is 1. The SMILES string of the molecule is CCOC(=O)c1c(N/C(SC)=C(/C#N)C(=O)Nc2ccc(Br)cc2)sc(C(=O)Nc2ccccc2C)c1C. The molecule has 196 valence electrons. The van der Waals surface area contributed by atoms with E-state index in [1.807, 2.05) is 31.2 Å². The monoisotopic (exact) mass is 612 g/mol. The van der Waals surface area contributed by atoms with Crippen LogP contribution in [0.25, 0.3) is 0 Å². The van der Waals surface area contributed by atoms with Crippen LogP contribution >= 0.6 is 39.0 Å². The quantitative estimate of drug-likeness (QED) is 0.139. The van der Waals surface area contributed by atoms with Gasteiger partial charge in [0.15, 0.2) is 0 Å². The maximum absolute atomic E-state index is 13.2. The van der Waals surface area contributed by atoms with Crippen molar-refractivity contribution >= 4 is 73.2 Å². The lowest BCUT2D eigenvalue weighted by Gasteiger charge is -2.12. The van der Waals surface area contributed by atoms with Crippen molar-refractivity contribution in [2.45, 2.75) is 20.8 Å². The van der Waals surface area contributed by atoms with Crippen molar-refractivity contribution in [1.29, 1.82) is 5.26 Å². The van der Waals surface area contributed by atoms with E-state index in [0.29, 0.717) is 26.8 Å². The lowest BCUT2D eigenvalue weighted by atomic mass is 10.1. The zero-order chi connectivity index (χ0) is 27.8. The first-order valence-electron chi connectivity index (χ1n) is 11.4. The van der Waals surface area contributed by atoms with Gasteiger partial charge in [0.05, 0.1) is 22.1 Å². The van der Waals surface area contributed by atoms with Crippen LogP contribution in [0.2, 0.25) is 0 Å². The second kappa shape index (κ2) is 13.3. The number of ether oxygens (including phenoxy) is 1. The predicted molar refractivity (Wildman–Crippen MR) is 157 cm³/mol. The molecule has 0 saturated carbocycles. The molecule has 1 heterocycles. The number of esters is 1. The highest BCUT2D eigenvalue weighted by molar-refractivity contribution is 9.10. The van der Waals surface area contributed by atoms with Crippen molar-refractivity contribution < 1.29 is 19.1 Å². The smallest absolute Gasteiger partial charge is 0.341 e. The van der Waals surface area contributed by atoms with Gasteiger partial charge < -0.3 is 20.7 Å². The summed E-state index contributed by atoms with van der Waals surface area (Å²) in [5, 5.41) is 19.0. The standard InChI is InChI=1S/C27H25BrN4O4S2/c1-5-36-27(35)21-16(3)22(24(34)31-20-9-7-6-8-15(20)2)38-26(21)32-25(37-4)19(14-29)23(33)30-18-12-10-17(28)11-13-18/h6-13,32H,5H2,1-4H3,(H,30,33)(H,31,34)/b25-19+. The van der Waals surface area contributed by atoms with Crippen molar-refractivity contribution in [1.82, 2.24) is 0 Å². The largest absolute Gasteiger partial charge is 0.462 e. The van der Waals surface area contributed by atoms with E-state index in [9.17, 15) is 19.6 Å². The Kier molecular flexibility index (Phi) is 10.1. The second-order valence-corrected chi connectivity index (χ2v) is 10.6. The van der Waals surface area contributed by atoms with Gasteiger partial charge in [-0.3, -0.25) is 9.59 Å². The predicted octanol–water partition coefficient (Wildman–Crippen LogP) is 6.71. The normalized spacial score (nSPS) is 11.2. The number of halogens is 1. The van der Waals surface area contributed by atoms with Crippen LogP contribution in [0.5, 0.6) is 0 Å². The molecule has 2 aromatic carbocycles. The number of anilines is 3. The van der Waals surface area contributed by atoms with E-state index in [0.717, 1.165) is 33.1 Å². The number of carbonyl (C=O) groups excluding carboxylic acids is 3. The van der Waals surface area contributed by atoms with Gasteiger partial charge >= 0.3 is 5.97 Å². The minimum atomic E-state index is -0.616. The molecule has 2 amide bonds. The summed E-state index contributed by atoms with van der Waals surface area (Å²) >= 11 is 5.52. The number of nitrogens with one attached hydrogen (secondary N) is 3. The maximum Gasteiger partial charge on any atom is 0.341 e. The molecule has 0 radical (unpaired) electrons. The number of rotatable bonds is 9. The molecule has 38 heavy (non-hydrogen) atoms. The van der Waals surface area contributed by atoms with E-state index < -0.39 is 11.9 Å². The van der Waals surface area contributed by atoms with E-state index in [1.54, 1.807) is 50.4 Å². The highest BCUT2D eigenvalue weighted by Crippen LogP contribution is 2.37. The molecular weight excluding hydrogens is 588 g/mol. The highest BCUT2D eigenvalue weighted by Gasteiger charge is 2.27. The summed E-state index contributed by atoms with van der Waals surface area (Å²) in [6.07, 6.45) is 1.70. The first kappa shape index (κ1) is 29.0. The zero-order valence-corrected chi connectivity index (χ0v) is 24.3. The molecule has 0 spiro atoms. The van der Waals surface area contributed by atoms with E-state index in [-0.39, 0.29) is 28.7 Å². The number of thioether (sulfide) groups is 1. The molecule has 3 aromatic rings. The Hall–Kier alpha value is -3.59. The Labute approximate surface area is 237 Å². The minimum Gasteiger partial charge on any atom is -0.462 e. The van der Waals surface area contributed by atoms with Gasteiger partial charge in [-0.25, -0.2) is 4.79 Å². The summed E-state index contributed by atoms with van der Waals surface area (Å²) in [6, 6.07) is 16.2. The summed E-state index contributed by atoms with van der Waals surface area (Å²) in [4.78, 5) is 39.3. The van der Waals surface area contributed by atoms with Gasteiger partial charge in [0.25, 0.3) is 11.8 Å². The van der Waals surface area contributed by atoms with Crippen LogP contribution < -0.4 is 16.0 Å². The van der Waals surface area contributed by atoms with Crippen molar-refractivity contribution in [3.8, 4) is 6.07 Å². The van der Waals surface area contributed by atoms with Crippen LogP contribution in [-0.4, -0.2) is 30.6 Å². The Bertz CT molecular complexity index is 1440. The van der Waals surface area contributed by atoms with Crippen LogP contribution in [-0.2, 0) is 9.53 Å². The van der Waals surface area contributed by atoms with Crippen LogP contribution in [0.3, 0.4) is 0 Å². The summed E-state index contributed by atoms with van der Waals surface area (Å²) in [5.74, 6) is -1.62. The van der Waals surface area contributed by atoms with Gasteiger partial charge in [-0.15, -0.1) is 23.1 Å². The van der Waals surface area contributed by atoms with E-state index >= 15 is 0 Å². The lowest BCUT2D eigenvalue weighted by Crippen LogP contribution is -2.17. The van der Waals surface area contributed by atoms with E-state index in [1.165, 1.54) is 0 Å². The number of nitriles is 1. The van der Waals surface area contributed by atoms with Crippen molar-refractivity contribution in [3.05, 3.63) is 85.2 Å². The van der Waals surface area contributed by atoms with Crippen molar-refractivity contribution in [3.63, 3.8) is 0 Å². The third-order valence-electron chi connectivity index (χ3n) is 5.33. The molecule has 0 saturated heterocycles. The molecule has 1 aromatic heterocycles. The fraction of sp³-hybridized carbons (Fsp3) is 0.185. The van der Waals surface area contributed by atoms with Gasteiger partial charge in [0, 0.05) is 15.8 Å². The number of hydrogen-bond acceptors (Lipinski definition) is 8. The van der Waals surface area contributed by atoms with Gasteiger partial charge in [-0.05, 0) is 68.5 Å². The summed E-state index contributed by atoms with van der Waals surface area (Å²) in [7, 11) is 0. The summed E-state index contributed by atoms with van der Waals surface area (Å²) in [5.41, 5.74) is 2.48. The molecular formula is C27H25BrN4O4S2. The Morgan fingerprint density at radius 1 is 1.05 bits per heavy atom. The third kappa shape index (κ3) is 6.83. The number of benzene rings is 2. The van der Waals surface area contributed by atoms with E-state index in [4.69, 9.17) is 4.74 Å². The summed E-state index contributed by atoms with van der Waals surface area (Å²) in [6.45, 7) is 5.37. The fourth-order valence-corrected chi connectivity index (χ4v) is 5.38. The average Bonchev–Trinajstić information content (AvgIpc) is 3.22. The highest BCUT2D eigenvalue weighted by atomic mass is 79.9. The first-order valence-corrected chi connectivity index (χ1v) is 14.2. The molecule has 8 nitrogen and oxygen atoms in total. The molecule has 0 bridgehead atoms. The van der Waals surface area contributed by atoms with Crippen LogP contribution in [0.15, 0.2) is 63.6 Å². The van der Waals surface area contributed by atoms with Gasteiger partial charge in [0.2, 0.25) is 0 Å². The Morgan fingerprint density at radius 3 is 2.34 bits per heavy atom. The average molecular weight is 614 g/mol. The molecule has 0 aliphatic carbocycles. The lowest BCUT2D eigenvalue weighted by molar-refractivity contribution is -0.112. The topological polar surface area (TPSA) is 120 Å². The number of aryl methyl sites for hydroxylation is 1. The molecule has 3 N–H and O–H groups in total. The number of nitrogens with zero attached hydrogens (tertiary/aromatic N) is 1.